The summed E-state index contributed by atoms with van der Waals surface area (Å²) in [6.07, 6.45) is 0.898. The molecule has 3 aromatic rings. The van der Waals surface area contributed by atoms with Crippen molar-refractivity contribution in [2.24, 2.45) is 5.73 Å². The quantitative estimate of drug-likeness (QED) is 0.718. The van der Waals surface area contributed by atoms with Crippen LogP contribution in [0.25, 0.3) is 22.0 Å². The second-order valence-electron chi connectivity index (χ2n) is 5.97. The third-order valence-corrected chi connectivity index (χ3v) is 3.88. The first kappa shape index (κ1) is 20.2. The fourth-order valence-corrected chi connectivity index (χ4v) is 2.81. The molecule has 5 heteroatoms. The van der Waals surface area contributed by atoms with Crippen molar-refractivity contribution in [2.45, 2.75) is 26.3 Å². The summed E-state index contributed by atoms with van der Waals surface area (Å²) in [5.74, 6) is 0.564. The van der Waals surface area contributed by atoms with Crippen LogP contribution in [0.3, 0.4) is 0 Å². The first-order chi connectivity index (χ1) is 10.5. The lowest BCUT2D eigenvalue weighted by Crippen LogP contribution is -2.17. The maximum atomic E-state index is 5.86. The minimum Gasteiger partial charge on any atom is -0.384 e. The average Bonchev–Trinajstić information content (AvgIpc) is 2.46. The van der Waals surface area contributed by atoms with Crippen molar-refractivity contribution in [3.05, 3.63) is 59.7 Å². The van der Waals surface area contributed by atoms with Crippen molar-refractivity contribution in [1.29, 1.82) is 0 Å². The van der Waals surface area contributed by atoms with E-state index in [2.05, 4.69) is 54.4 Å². The fourth-order valence-electron chi connectivity index (χ4n) is 2.81. The van der Waals surface area contributed by atoms with E-state index in [0.717, 1.165) is 28.5 Å². The van der Waals surface area contributed by atoms with Crippen molar-refractivity contribution >= 4 is 41.5 Å². The van der Waals surface area contributed by atoms with E-state index in [0.29, 0.717) is 5.82 Å². The number of nitrogen functional groups attached to an aromatic ring is 1. The number of rotatable bonds is 3. The summed E-state index contributed by atoms with van der Waals surface area (Å²) in [6.45, 7) is 4.08. The minimum absolute atomic E-state index is 0. The zero-order valence-electron chi connectivity index (χ0n) is 13.8. The number of nitrogens with zero attached hydrogens (tertiary/aromatic N) is 1. The Bertz CT molecular complexity index is 815. The summed E-state index contributed by atoms with van der Waals surface area (Å²) in [6, 6.07) is 17.0. The Morgan fingerprint density at radius 1 is 0.958 bits per heavy atom. The molecule has 0 radical (unpaired) electrons. The molecular weight excluding hydrogens is 341 g/mol. The van der Waals surface area contributed by atoms with Crippen LogP contribution in [0.15, 0.2) is 48.5 Å². The molecule has 0 fully saturated rings. The SMILES string of the molecule is Cc1cc(N)nc2cc(-c3ccc(C[C@H](C)N)cc3)ccc12.Cl.Cl. The molecule has 0 saturated heterocycles. The maximum Gasteiger partial charge on any atom is 0.124 e. The van der Waals surface area contributed by atoms with Gasteiger partial charge in [-0.2, -0.15) is 0 Å². The molecule has 0 aliphatic heterocycles. The number of anilines is 1. The predicted molar refractivity (Wildman–Crippen MR) is 108 cm³/mol. The van der Waals surface area contributed by atoms with Gasteiger partial charge in [-0.15, -0.1) is 24.8 Å². The Morgan fingerprint density at radius 2 is 1.58 bits per heavy atom. The number of aryl methyl sites for hydroxylation is 1. The van der Waals surface area contributed by atoms with Crippen molar-refractivity contribution in [1.82, 2.24) is 4.98 Å². The second kappa shape index (κ2) is 8.34. The van der Waals surface area contributed by atoms with Gasteiger partial charge in [0.15, 0.2) is 0 Å². The van der Waals surface area contributed by atoms with Crippen LogP contribution in [0, 0.1) is 6.92 Å². The summed E-state index contributed by atoms with van der Waals surface area (Å²) in [7, 11) is 0. The van der Waals surface area contributed by atoms with Crippen molar-refractivity contribution in [2.75, 3.05) is 5.73 Å². The highest BCUT2D eigenvalue weighted by Crippen LogP contribution is 2.26. The summed E-state index contributed by atoms with van der Waals surface area (Å²) < 4.78 is 0. The Balaban J connectivity index is 0.00000144. The summed E-state index contributed by atoms with van der Waals surface area (Å²) in [4.78, 5) is 4.44. The first-order valence-electron chi connectivity index (χ1n) is 7.55. The summed E-state index contributed by atoms with van der Waals surface area (Å²) in [5, 5.41) is 1.14. The number of aromatic nitrogens is 1. The maximum absolute atomic E-state index is 5.86. The molecular formula is C19H23Cl2N3. The van der Waals surface area contributed by atoms with Gasteiger partial charge in [0.05, 0.1) is 5.52 Å². The molecule has 4 N–H and O–H groups in total. The molecule has 0 bridgehead atoms. The lowest BCUT2D eigenvalue weighted by Gasteiger charge is -2.09. The standard InChI is InChI=1S/C19H21N3.2ClH/c1-12-9-19(21)22-18-11-16(7-8-17(12)18)15-5-3-14(4-6-15)10-13(2)20;;/h3-9,11,13H,10,20H2,1-2H3,(H2,21,22);2*1H/t13-;;/m0../s1. The van der Waals surface area contributed by atoms with Crippen LogP contribution in [0.5, 0.6) is 0 Å². The zero-order valence-corrected chi connectivity index (χ0v) is 15.5. The number of hydrogen-bond acceptors (Lipinski definition) is 3. The van der Waals surface area contributed by atoms with Crippen LogP contribution in [0.1, 0.15) is 18.1 Å². The van der Waals surface area contributed by atoms with E-state index < -0.39 is 0 Å². The van der Waals surface area contributed by atoms with Gasteiger partial charge in [0.2, 0.25) is 0 Å². The molecule has 1 aromatic heterocycles. The monoisotopic (exact) mass is 363 g/mol. The number of halogens is 2. The largest absolute Gasteiger partial charge is 0.384 e. The van der Waals surface area contributed by atoms with E-state index in [1.807, 2.05) is 13.0 Å². The molecule has 0 unspecified atom stereocenters. The van der Waals surface area contributed by atoms with Gasteiger partial charge in [-0.05, 0) is 54.7 Å². The van der Waals surface area contributed by atoms with Crippen LogP contribution >= 0.6 is 24.8 Å². The second-order valence-corrected chi connectivity index (χ2v) is 5.97. The number of fused-ring (bicyclic) bond motifs is 1. The van der Waals surface area contributed by atoms with Gasteiger partial charge in [-0.25, -0.2) is 4.98 Å². The normalized spacial score (nSPS) is 11.5. The first-order valence-corrected chi connectivity index (χ1v) is 7.55. The van der Waals surface area contributed by atoms with Gasteiger partial charge in [-0.3, -0.25) is 0 Å². The highest BCUT2D eigenvalue weighted by Gasteiger charge is 2.05. The lowest BCUT2D eigenvalue weighted by atomic mass is 9.99. The summed E-state index contributed by atoms with van der Waals surface area (Å²) in [5.41, 5.74) is 17.4. The molecule has 128 valence electrons. The fraction of sp³-hybridized carbons (Fsp3) is 0.211. The van der Waals surface area contributed by atoms with Gasteiger partial charge in [0, 0.05) is 11.4 Å². The molecule has 0 aliphatic carbocycles. The molecule has 0 amide bonds. The van der Waals surface area contributed by atoms with Gasteiger partial charge in [0.1, 0.15) is 5.82 Å². The van der Waals surface area contributed by atoms with Gasteiger partial charge >= 0.3 is 0 Å². The van der Waals surface area contributed by atoms with Crippen molar-refractivity contribution < 1.29 is 0 Å². The van der Waals surface area contributed by atoms with E-state index in [-0.39, 0.29) is 30.9 Å². The predicted octanol–water partition coefficient (Wildman–Crippen LogP) is 4.53. The van der Waals surface area contributed by atoms with Gasteiger partial charge in [-0.1, -0.05) is 36.4 Å². The third kappa shape index (κ3) is 4.38. The van der Waals surface area contributed by atoms with Crippen LogP contribution in [-0.4, -0.2) is 11.0 Å². The van der Waals surface area contributed by atoms with Gasteiger partial charge in [0.25, 0.3) is 0 Å². The molecule has 3 rings (SSSR count). The third-order valence-electron chi connectivity index (χ3n) is 3.88. The van der Waals surface area contributed by atoms with Crippen molar-refractivity contribution in [3.8, 4) is 11.1 Å². The topological polar surface area (TPSA) is 64.9 Å². The highest BCUT2D eigenvalue weighted by molar-refractivity contribution is 5.88. The zero-order chi connectivity index (χ0) is 15.7. The van der Waals surface area contributed by atoms with E-state index in [9.17, 15) is 0 Å². The van der Waals surface area contributed by atoms with Crippen LogP contribution in [-0.2, 0) is 6.42 Å². The van der Waals surface area contributed by atoms with Crippen molar-refractivity contribution in [3.63, 3.8) is 0 Å². The Labute approximate surface area is 155 Å². The van der Waals surface area contributed by atoms with E-state index >= 15 is 0 Å². The van der Waals surface area contributed by atoms with E-state index in [1.54, 1.807) is 0 Å². The molecule has 0 spiro atoms. The lowest BCUT2D eigenvalue weighted by molar-refractivity contribution is 0.738. The van der Waals surface area contributed by atoms with E-state index in [4.69, 9.17) is 11.5 Å². The molecule has 24 heavy (non-hydrogen) atoms. The van der Waals surface area contributed by atoms with E-state index in [1.165, 1.54) is 11.1 Å². The van der Waals surface area contributed by atoms with Crippen LogP contribution in [0.2, 0.25) is 0 Å². The molecule has 3 nitrogen and oxygen atoms in total. The highest BCUT2D eigenvalue weighted by atomic mass is 35.5. The van der Waals surface area contributed by atoms with Crippen LogP contribution in [0.4, 0.5) is 5.82 Å². The Hall–Kier alpha value is -1.81. The molecule has 1 atom stereocenters. The van der Waals surface area contributed by atoms with Crippen LogP contribution < -0.4 is 11.5 Å². The average molecular weight is 364 g/mol. The Morgan fingerprint density at radius 3 is 2.21 bits per heavy atom. The smallest absolute Gasteiger partial charge is 0.124 e. The molecule has 1 heterocycles. The number of nitrogens with two attached hydrogens (primary N) is 2. The number of hydrogen-bond donors (Lipinski definition) is 2. The van der Waals surface area contributed by atoms with Gasteiger partial charge < -0.3 is 11.5 Å². The summed E-state index contributed by atoms with van der Waals surface area (Å²) >= 11 is 0. The molecule has 2 aromatic carbocycles. The molecule has 0 aliphatic rings. The number of pyridine rings is 1. The molecule has 0 saturated carbocycles. The number of benzene rings is 2. The minimum atomic E-state index is 0. The Kier molecular flexibility index (Phi) is 7.03.